The number of nitrogens with zero attached hydrogens (tertiary/aromatic N) is 3. The lowest BCUT2D eigenvalue weighted by Gasteiger charge is -2.29. The van der Waals surface area contributed by atoms with Crippen LogP contribution >= 0.6 is 23.1 Å². The molecule has 0 bridgehead atoms. The van der Waals surface area contributed by atoms with E-state index in [0.29, 0.717) is 41.9 Å². The molecule has 0 radical (unpaired) electrons. The SMILES string of the molecule is CS(=O)(=O)N1CCC(C(=O)Nc2nnc(SCC(=O)NCCc3ccccc3)s2)CC1. The van der Waals surface area contributed by atoms with Crippen LogP contribution in [0.25, 0.3) is 0 Å². The Hall–Kier alpha value is -2.02. The number of benzene rings is 1. The molecule has 2 amide bonds. The Morgan fingerprint density at radius 3 is 2.58 bits per heavy atom. The summed E-state index contributed by atoms with van der Waals surface area (Å²) in [6.07, 6.45) is 2.90. The average molecular weight is 484 g/mol. The summed E-state index contributed by atoms with van der Waals surface area (Å²) in [6.45, 7) is 1.25. The van der Waals surface area contributed by atoms with Gasteiger partial charge in [-0.1, -0.05) is 53.4 Å². The average Bonchev–Trinajstić information content (AvgIpc) is 3.20. The molecule has 2 aromatic rings. The molecule has 0 saturated carbocycles. The molecule has 2 N–H and O–H groups in total. The predicted molar refractivity (Wildman–Crippen MR) is 122 cm³/mol. The highest BCUT2D eigenvalue weighted by Gasteiger charge is 2.29. The fourth-order valence-corrected chi connectivity index (χ4v) is 5.60. The summed E-state index contributed by atoms with van der Waals surface area (Å²) in [7, 11) is -3.22. The summed E-state index contributed by atoms with van der Waals surface area (Å²) in [5.41, 5.74) is 1.17. The molecule has 1 aliphatic heterocycles. The minimum atomic E-state index is -3.22. The van der Waals surface area contributed by atoms with Crippen molar-refractivity contribution in [1.29, 1.82) is 0 Å². The molecule has 9 nitrogen and oxygen atoms in total. The number of hydrogen-bond donors (Lipinski definition) is 2. The number of nitrogens with one attached hydrogen (secondary N) is 2. The first-order valence-corrected chi connectivity index (χ1v) is 13.5. The molecule has 1 aromatic heterocycles. The van der Waals surface area contributed by atoms with E-state index < -0.39 is 10.0 Å². The molecule has 0 unspecified atom stereocenters. The van der Waals surface area contributed by atoms with Gasteiger partial charge in [-0.25, -0.2) is 12.7 Å². The van der Waals surface area contributed by atoms with Crippen molar-refractivity contribution in [2.45, 2.75) is 23.6 Å². The van der Waals surface area contributed by atoms with Crippen LogP contribution in [0.3, 0.4) is 0 Å². The van der Waals surface area contributed by atoms with Gasteiger partial charge in [0.15, 0.2) is 4.34 Å². The van der Waals surface area contributed by atoms with Gasteiger partial charge in [0.25, 0.3) is 0 Å². The lowest BCUT2D eigenvalue weighted by atomic mass is 9.97. The zero-order valence-electron chi connectivity index (χ0n) is 17.1. The first-order chi connectivity index (χ1) is 14.8. The van der Waals surface area contributed by atoms with Crippen molar-refractivity contribution in [1.82, 2.24) is 19.8 Å². The summed E-state index contributed by atoms with van der Waals surface area (Å²) in [4.78, 5) is 24.4. The van der Waals surface area contributed by atoms with Gasteiger partial charge in [0.1, 0.15) is 0 Å². The van der Waals surface area contributed by atoms with Crippen LogP contribution in [-0.4, -0.2) is 66.4 Å². The fraction of sp³-hybridized carbons (Fsp3) is 0.474. The highest BCUT2D eigenvalue weighted by molar-refractivity contribution is 8.01. The summed E-state index contributed by atoms with van der Waals surface area (Å²) >= 11 is 2.48. The molecular weight excluding hydrogens is 458 g/mol. The van der Waals surface area contributed by atoms with Crippen molar-refractivity contribution in [2.24, 2.45) is 5.92 Å². The predicted octanol–water partition coefficient (Wildman–Crippen LogP) is 1.60. The largest absolute Gasteiger partial charge is 0.355 e. The smallest absolute Gasteiger partial charge is 0.230 e. The van der Waals surface area contributed by atoms with Crippen LogP contribution < -0.4 is 10.6 Å². The molecule has 1 aliphatic rings. The topological polar surface area (TPSA) is 121 Å². The maximum atomic E-state index is 12.4. The molecule has 1 fully saturated rings. The van der Waals surface area contributed by atoms with Gasteiger partial charge in [0, 0.05) is 25.6 Å². The van der Waals surface area contributed by atoms with Crippen molar-refractivity contribution < 1.29 is 18.0 Å². The maximum absolute atomic E-state index is 12.4. The minimum Gasteiger partial charge on any atom is -0.355 e. The zero-order chi connectivity index (χ0) is 22.3. The quantitative estimate of drug-likeness (QED) is 0.410. The molecule has 1 saturated heterocycles. The van der Waals surface area contributed by atoms with E-state index in [1.54, 1.807) is 0 Å². The van der Waals surface area contributed by atoms with Crippen molar-refractivity contribution in [2.75, 3.05) is 37.0 Å². The molecule has 1 aromatic carbocycles. The Labute approximate surface area is 190 Å². The maximum Gasteiger partial charge on any atom is 0.230 e. The van der Waals surface area contributed by atoms with Crippen molar-refractivity contribution in [3.05, 3.63) is 35.9 Å². The van der Waals surface area contributed by atoms with Gasteiger partial charge in [0.05, 0.1) is 12.0 Å². The van der Waals surface area contributed by atoms with E-state index in [4.69, 9.17) is 0 Å². The zero-order valence-corrected chi connectivity index (χ0v) is 19.6. The van der Waals surface area contributed by atoms with Gasteiger partial charge in [0.2, 0.25) is 27.0 Å². The van der Waals surface area contributed by atoms with Gasteiger partial charge >= 0.3 is 0 Å². The number of anilines is 1. The van der Waals surface area contributed by atoms with Crippen LogP contribution in [0.15, 0.2) is 34.7 Å². The first kappa shape index (κ1) is 23.6. The first-order valence-electron chi connectivity index (χ1n) is 9.84. The van der Waals surface area contributed by atoms with E-state index in [2.05, 4.69) is 20.8 Å². The lowest BCUT2D eigenvalue weighted by molar-refractivity contribution is -0.121. The van der Waals surface area contributed by atoms with Gasteiger partial charge in [-0.2, -0.15) is 0 Å². The second-order valence-electron chi connectivity index (χ2n) is 7.17. The van der Waals surface area contributed by atoms with Crippen LogP contribution in [0.2, 0.25) is 0 Å². The van der Waals surface area contributed by atoms with E-state index in [-0.39, 0.29) is 23.5 Å². The number of rotatable bonds is 9. The Bertz CT molecular complexity index is 989. The molecule has 12 heteroatoms. The number of aromatic nitrogens is 2. The van der Waals surface area contributed by atoms with Gasteiger partial charge in [-0.05, 0) is 24.8 Å². The highest BCUT2D eigenvalue weighted by Crippen LogP contribution is 2.27. The van der Waals surface area contributed by atoms with E-state index in [1.807, 2.05) is 30.3 Å². The summed E-state index contributed by atoms with van der Waals surface area (Å²) < 4.78 is 25.1. The standard InChI is InChI=1S/C19H25N5O4S3/c1-31(27,28)24-11-8-15(9-12-24)17(26)21-18-22-23-19(30-18)29-13-16(25)20-10-7-14-5-3-2-4-6-14/h2-6,15H,7-13H2,1H3,(H,20,25)(H,21,22,26). The van der Waals surface area contributed by atoms with Gasteiger partial charge in [-0.15, -0.1) is 10.2 Å². The van der Waals surface area contributed by atoms with E-state index >= 15 is 0 Å². The third kappa shape index (κ3) is 7.56. The molecule has 0 aliphatic carbocycles. The van der Waals surface area contributed by atoms with Crippen molar-refractivity contribution in [3.8, 4) is 0 Å². The molecule has 168 valence electrons. The molecule has 31 heavy (non-hydrogen) atoms. The number of hydrogen-bond acceptors (Lipinski definition) is 8. The molecule has 2 heterocycles. The number of sulfonamides is 1. The summed E-state index contributed by atoms with van der Waals surface area (Å²) in [5, 5.41) is 14.0. The minimum absolute atomic E-state index is 0.0839. The second kappa shape index (κ2) is 11.0. The summed E-state index contributed by atoms with van der Waals surface area (Å²) in [6, 6.07) is 9.94. The third-order valence-corrected chi connectivity index (χ3v) is 8.11. The van der Waals surface area contributed by atoms with Gasteiger partial charge in [-0.3, -0.25) is 9.59 Å². The lowest BCUT2D eigenvalue weighted by Crippen LogP contribution is -2.40. The number of carbonyl (C=O) groups excluding carboxylic acids is 2. The second-order valence-corrected chi connectivity index (χ2v) is 11.4. The monoisotopic (exact) mass is 483 g/mol. The van der Waals surface area contributed by atoms with Crippen LogP contribution in [0.4, 0.5) is 5.13 Å². The number of piperidine rings is 1. The Morgan fingerprint density at radius 1 is 1.19 bits per heavy atom. The van der Waals surface area contributed by atoms with E-state index in [0.717, 1.165) is 6.42 Å². The number of thioether (sulfide) groups is 1. The Balaban J connectivity index is 1.37. The fourth-order valence-electron chi connectivity index (χ4n) is 3.14. The Kier molecular flexibility index (Phi) is 8.41. The van der Waals surface area contributed by atoms with Crippen LogP contribution in [0, 0.1) is 5.92 Å². The summed E-state index contributed by atoms with van der Waals surface area (Å²) in [5.74, 6) is -0.298. The van der Waals surface area contributed by atoms with Gasteiger partial charge < -0.3 is 10.6 Å². The third-order valence-electron chi connectivity index (χ3n) is 4.84. The van der Waals surface area contributed by atoms with Crippen LogP contribution in [0.1, 0.15) is 18.4 Å². The normalized spacial score (nSPS) is 15.5. The highest BCUT2D eigenvalue weighted by atomic mass is 32.2. The molecular formula is C19H25N5O4S3. The molecule has 3 rings (SSSR count). The van der Waals surface area contributed by atoms with Crippen molar-refractivity contribution in [3.63, 3.8) is 0 Å². The van der Waals surface area contributed by atoms with E-state index in [9.17, 15) is 18.0 Å². The Morgan fingerprint density at radius 2 is 1.90 bits per heavy atom. The molecule has 0 spiro atoms. The molecule has 0 atom stereocenters. The van der Waals surface area contributed by atoms with Crippen LogP contribution in [-0.2, 0) is 26.0 Å². The number of amides is 2. The number of carbonyl (C=O) groups is 2. The van der Waals surface area contributed by atoms with E-state index in [1.165, 1.54) is 39.2 Å². The van der Waals surface area contributed by atoms with Crippen LogP contribution in [0.5, 0.6) is 0 Å². The van der Waals surface area contributed by atoms with Crippen molar-refractivity contribution >= 4 is 50.1 Å².